The van der Waals surface area contributed by atoms with Crippen molar-refractivity contribution in [3.8, 4) is 0 Å². The Balaban J connectivity index is 2.44. The maximum atomic E-state index is 10.4. The van der Waals surface area contributed by atoms with Crippen molar-refractivity contribution in [2.24, 2.45) is 5.73 Å². The highest BCUT2D eigenvalue weighted by molar-refractivity contribution is 7.10. The second-order valence-corrected chi connectivity index (χ2v) is 3.74. The Labute approximate surface area is 80.5 Å². The van der Waals surface area contributed by atoms with Crippen LogP contribution < -0.4 is 5.73 Å². The van der Waals surface area contributed by atoms with Crippen molar-refractivity contribution in [1.82, 2.24) is 5.06 Å². The molecule has 0 fully saturated rings. The zero-order valence-corrected chi connectivity index (χ0v) is 8.17. The molecule has 1 aromatic heterocycles. The number of carbonyl (C=O) groups excluding carboxylic acids is 1. The van der Waals surface area contributed by atoms with Crippen molar-refractivity contribution >= 4 is 17.4 Å². The number of amides is 2. The lowest BCUT2D eigenvalue weighted by molar-refractivity contribution is -0.0380. The molecule has 1 aromatic rings. The molecule has 0 aliphatic carbocycles. The number of thiophene rings is 1. The van der Waals surface area contributed by atoms with Crippen LogP contribution in [0.4, 0.5) is 4.79 Å². The molecule has 13 heavy (non-hydrogen) atoms. The molecular formula is C8H12N2O2S. The van der Waals surface area contributed by atoms with Crippen LogP contribution in [0.25, 0.3) is 0 Å². The summed E-state index contributed by atoms with van der Waals surface area (Å²) < 4.78 is 0. The predicted octanol–water partition coefficient (Wildman–Crippen LogP) is 1.37. The second-order valence-electron chi connectivity index (χ2n) is 2.74. The molecule has 0 spiro atoms. The molecule has 2 amide bonds. The van der Waals surface area contributed by atoms with E-state index in [9.17, 15) is 4.79 Å². The van der Waals surface area contributed by atoms with Gasteiger partial charge in [-0.15, -0.1) is 11.3 Å². The first-order valence-corrected chi connectivity index (χ1v) is 4.78. The normalized spacial score (nSPS) is 10.0. The third kappa shape index (κ3) is 2.71. The smallest absolute Gasteiger partial charge is 0.338 e. The van der Waals surface area contributed by atoms with Crippen molar-refractivity contribution in [2.45, 2.75) is 13.3 Å². The van der Waals surface area contributed by atoms with E-state index in [1.54, 1.807) is 11.3 Å². The Morgan fingerprint density at radius 2 is 2.46 bits per heavy atom. The summed E-state index contributed by atoms with van der Waals surface area (Å²) in [7, 11) is 0. The van der Waals surface area contributed by atoms with Gasteiger partial charge in [0.15, 0.2) is 0 Å². The number of carbonyl (C=O) groups is 1. The molecule has 0 unspecified atom stereocenters. The molecule has 4 nitrogen and oxygen atoms in total. The Bertz CT molecular complexity index is 298. The Kier molecular flexibility index (Phi) is 3.27. The molecule has 0 radical (unpaired) electrons. The monoisotopic (exact) mass is 200 g/mol. The first-order valence-electron chi connectivity index (χ1n) is 3.90. The summed E-state index contributed by atoms with van der Waals surface area (Å²) >= 11 is 1.61. The third-order valence-electron chi connectivity index (χ3n) is 1.77. The van der Waals surface area contributed by atoms with Crippen LogP contribution in [0.2, 0.25) is 0 Å². The van der Waals surface area contributed by atoms with E-state index in [0.29, 0.717) is 11.5 Å². The van der Waals surface area contributed by atoms with Gasteiger partial charge in [0.2, 0.25) is 0 Å². The van der Waals surface area contributed by atoms with E-state index in [1.807, 2.05) is 18.4 Å². The molecule has 0 aliphatic rings. The van der Waals surface area contributed by atoms with Crippen LogP contribution in [0.3, 0.4) is 0 Å². The summed E-state index contributed by atoms with van der Waals surface area (Å²) in [6.45, 7) is 2.24. The van der Waals surface area contributed by atoms with Crippen LogP contribution in [0, 0.1) is 6.92 Å². The number of nitrogens with zero attached hydrogens (tertiary/aromatic N) is 1. The maximum Gasteiger partial charge on any atom is 0.338 e. The standard InChI is InChI=1S/C8H12N2O2S/c1-6-3-5-13-7(6)2-4-10(12)8(9)11/h3,5,12H,2,4H2,1H3,(H2,9,11). The molecule has 0 aliphatic heterocycles. The van der Waals surface area contributed by atoms with E-state index in [2.05, 4.69) is 0 Å². The number of hydroxylamine groups is 2. The molecule has 1 heterocycles. The van der Waals surface area contributed by atoms with Crippen molar-refractivity contribution in [3.05, 3.63) is 21.9 Å². The van der Waals surface area contributed by atoms with Crippen LogP contribution in [0.1, 0.15) is 10.4 Å². The zero-order valence-electron chi connectivity index (χ0n) is 7.36. The molecule has 0 atom stereocenters. The molecule has 5 heteroatoms. The summed E-state index contributed by atoms with van der Waals surface area (Å²) in [5, 5.41) is 11.5. The Hall–Kier alpha value is -1.07. The third-order valence-corrected chi connectivity index (χ3v) is 2.86. The quantitative estimate of drug-likeness (QED) is 0.571. The van der Waals surface area contributed by atoms with Gasteiger partial charge in [-0.1, -0.05) is 0 Å². The Morgan fingerprint density at radius 3 is 2.92 bits per heavy atom. The van der Waals surface area contributed by atoms with Gasteiger partial charge in [0.25, 0.3) is 0 Å². The highest BCUT2D eigenvalue weighted by Gasteiger charge is 2.06. The predicted molar refractivity (Wildman–Crippen MR) is 50.8 cm³/mol. The first-order chi connectivity index (χ1) is 6.11. The maximum absolute atomic E-state index is 10.4. The van der Waals surface area contributed by atoms with Gasteiger partial charge in [0.1, 0.15) is 0 Å². The highest BCUT2D eigenvalue weighted by atomic mass is 32.1. The average molecular weight is 200 g/mol. The molecule has 0 bridgehead atoms. The average Bonchev–Trinajstić information content (AvgIpc) is 2.47. The van der Waals surface area contributed by atoms with Gasteiger partial charge >= 0.3 is 6.03 Å². The van der Waals surface area contributed by atoms with E-state index in [1.165, 1.54) is 10.4 Å². The topological polar surface area (TPSA) is 66.6 Å². The van der Waals surface area contributed by atoms with Gasteiger partial charge in [-0.3, -0.25) is 5.21 Å². The fourth-order valence-corrected chi connectivity index (χ4v) is 1.88. The molecule has 3 N–H and O–H groups in total. The molecule has 0 saturated heterocycles. The lowest BCUT2D eigenvalue weighted by Crippen LogP contribution is -2.34. The molecule has 0 aromatic carbocycles. The Morgan fingerprint density at radius 1 is 1.77 bits per heavy atom. The minimum absolute atomic E-state index is 0.247. The lowest BCUT2D eigenvalue weighted by Gasteiger charge is -2.10. The molecule has 1 rings (SSSR count). The number of primary amides is 1. The summed E-state index contributed by atoms with van der Waals surface area (Å²) in [5.74, 6) is 0. The molecule has 72 valence electrons. The van der Waals surface area contributed by atoms with E-state index < -0.39 is 6.03 Å². The van der Waals surface area contributed by atoms with Gasteiger partial charge in [-0.2, -0.15) is 0 Å². The van der Waals surface area contributed by atoms with Crippen molar-refractivity contribution < 1.29 is 10.0 Å². The fourth-order valence-electron chi connectivity index (χ4n) is 0.978. The number of aryl methyl sites for hydroxylation is 1. The van der Waals surface area contributed by atoms with Gasteiger partial charge in [0, 0.05) is 11.3 Å². The van der Waals surface area contributed by atoms with E-state index in [4.69, 9.17) is 10.9 Å². The van der Waals surface area contributed by atoms with Gasteiger partial charge in [-0.25, -0.2) is 9.86 Å². The minimum Gasteiger partial charge on any atom is -0.350 e. The first kappa shape index (κ1) is 10.0. The van der Waals surface area contributed by atoms with Crippen molar-refractivity contribution in [2.75, 3.05) is 6.54 Å². The second kappa shape index (κ2) is 4.25. The van der Waals surface area contributed by atoms with Gasteiger partial charge in [0.05, 0.1) is 6.54 Å². The van der Waals surface area contributed by atoms with E-state index >= 15 is 0 Å². The SMILES string of the molecule is Cc1ccsc1CCN(O)C(N)=O. The van der Waals surface area contributed by atoms with Crippen molar-refractivity contribution in [1.29, 1.82) is 0 Å². The number of hydrogen-bond donors (Lipinski definition) is 2. The van der Waals surface area contributed by atoms with Crippen molar-refractivity contribution in [3.63, 3.8) is 0 Å². The molecular weight excluding hydrogens is 188 g/mol. The van der Waals surface area contributed by atoms with E-state index in [-0.39, 0.29) is 6.54 Å². The minimum atomic E-state index is -0.811. The van der Waals surface area contributed by atoms with Gasteiger partial charge < -0.3 is 5.73 Å². The van der Waals surface area contributed by atoms with Crippen LogP contribution in [-0.4, -0.2) is 22.8 Å². The summed E-state index contributed by atoms with van der Waals surface area (Å²) in [6, 6.07) is 1.20. The number of urea groups is 1. The van der Waals surface area contributed by atoms with Crippen LogP contribution >= 0.6 is 11.3 Å². The number of hydrogen-bond acceptors (Lipinski definition) is 3. The summed E-state index contributed by atoms with van der Waals surface area (Å²) in [4.78, 5) is 11.6. The fraction of sp³-hybridized carbons (Fsp3) is 0.375. The highest BCUT2D eigenvalue weighted by Crippen LogP contribution is 2.15. The summed E-state index contributed by atoms with van der Waals surface area (Å²) in [6.07, 6.45) is 0.642. The summed E-state index contributed by atoms with van der Waals surface area (Å²) in [5.41, 5.74) is 6.04. The van der Waals surface area contributed by atoms with Crippen LogP contribution in [0.15, 0.2) is 11.4 Å². The van der Waals surface area contributed by atoms with Crippen LogP contribution in [0.5, 0.6) is 0 Å². The zero-order chi connectivity index (χ0) is 9.84. The number of rotatable bonds is 3. The molecule has 0 saturated carbocycles. The lowest BCUT2D eigenvalue weighted by atomic mass is 10.2. The van der Waals surface area contributed by atoms with Gasteiger partial charge in [-0.05, 0) is 23.9 Å². The number of nitrogens with two attached hydrogens (primary N) is 1. The largest absolute Gasteiger partial charge is 0.350 e. The van der Waals surface area contributed by atoms with E-state index in [0.717, 1.165) is 0 Å². The van der Waals surface area contributed by atoms with Crippen LogP contribution in [-0.2, 0) is 6.42 Å².